The number of anilines is 1. The van der Waals surface area contributed by atoms with E-state index in [2.05, 4.69) is 21.2 Å². The summed E-state index contributed by atoms with van der Waals surface area (Å²) in [6.07, 6.45) is 0. The van der Waals surface area contributed by atoms with Crippen LogP contribution in [-0.4, -0.2) is 10.8 Å². The van der Waals surface area contributed by atoms with Crippen LogP contribution >= 0.6 is 15.9 Å². The van der Waals surface area contributed by atoms with E-state index < -0.39 is 16.6 Å². The maximum atomic E-state index is 13.6. The molecule has 0 bridgehead atoms. The van der Waals surface area contributed by atoms with Crippen LogP contribution in [0.5, 0.6) is 0 Å². The first-order valence-corrected chi connectivity index (χ1v) is 6.69. The van der Waals surface area contributed by atoms with Crippen molar-refractivity contribution in [2.24, 2.45) is 0 Å². The fraction of sp³-hybridized carbons (Fsp3) is 0.0714. The lowest BCUT2D eigenvalue weighted by Gasteiger charge is -2.08. The van der Waals surface area contributed by atoms with E-state index in [1.54, 1.807) is 13.0 Å². The Morgan fingerprint density at radius 3 is 2.67 bits per heavy atom. The zero-order valence-corrected chi connectivity index (χ0v) is 12.5. The number of rotatable bonds is 3. The Bertz CT molecular complexity index is 734. The molecule has 0 aliphatic rings. The molecular formula is C14H10BrFN2O3. The first-order valence-electron chi connectivity index (χ1n) is 5.90. The van der Waals surface area contributed by atoms with Crippen LogP contribution in [0, 0.1) is 22.9 Å². The van der Waals surface area contributed by atoms with E-state index in [4.69, 9.17) is 0 Å². The number of hydrogen-bond acceptors (Lipinski definition) is 3. The lowest BCUT2D eigenvalue weighted by molar-refractivity contribution is -0.384. The molecule has 108 valence electrons. The molecule has 0 atom stereocenters. The van der Waals surface area contributed by atoms with Gasteiger partial charge in [-0.2, -0.15) is 0 Å². The largest absolute Gasteiger partial charge is 0.316 e. The number of halogens is 2. The highest BCUT2D eigenvalue weighted by atomic mass is 79.9. The molecule has 2 aromatic rings. The predicted octanol–water partition coefficient (Wildman–Crippen LogP) is 4.06. The summed E-state index contributed by atoms with van der Waals surface area (Å²) in [6, 6.07) is 8.30. The summed E-state index contributed by atoms with van der Waals surface area (Å²) in [5.74, 6) is -1.42. The van der Waals surface area contributed by atoms with Gasteiger partial charge in [0.2, 0.25) is 0 Å². The number of nitrogens with one attached hydrogen (secondary N) is 1. The molecule has 0 spiro atoms. The predicted molar refractivity (Wildman–Crippen MR) is 79.9 cm³/mol. The summed E-state index contributed by atoms with van der Waals surface area (Å²) in [7, 11) is 0. The molecule has 0 saturated carbocycles. The van der Waals surface area contributed by atoms with Crippen molar-refractivity contribution < 1.29 is 14.1 Å². The summed E-state index contributed by atoms with van der Waals surface area (Å²) in [4.78, 5) is 22.4. The molecule has 0 radical (unpaired) electrons. The van der Waals surface area contributed by atoms with Crippen molar-refractivity contribution in [1.82, 2.24) is 0 Å². The third-order valence-corrected chi connectivity index (χ3v) is 3.26. The molecule has 0 aromatic heterocycles. The first-order chi connectivity index (χ1) is 9.88. The highest BCUT2D eigenvalue weighted by Gasteiger charge is 2.19. The van der Waals surface area contributed by atoms with E-state index >= 15 is 0 Å². The van der Waals surface area contributed by atoms with E-state index in [0.717, 1.165) is 0 Å². The molecule has 0 unspecified atom stereocenters. The smallest absolute Gasteiger partial charge is 0.293 e. The average Bonchev–Trinajstić information content (AvgIpc) is 2.43. The van der Waals surface area contributed by atoms with Gasteiger partial charge in [0, 0.05) is 10.5 Å². The van der Waals surface area contributed by atoms with Gasteiger partial charge in [-0.3, -0.25) is 14.9 Å². The van der Waals surface area contributed by atoms with Gasteiger partial charge in [-0.1, -0.05) is 27.6 Å². The minimum Gasteiger partial charge on any atom is -0.316 e. The fourth-order valence-electron chi connectivity index (χ4n) is 1.76. The van der Waals surface area contributed by atoms with Crippen LogP contribution in [0.1, 0.15) is 15.9 Å². The van der Waals surface area contributed by atoms with Crippen molar-refractivity contribution in [1.29, 1.82) is 0 Å². The lowest BCUT2D eigenvalue weighted by atomic mass is 10.1. The van der Waals surface area contributed by atoms with Gasteiger partial charge in [-0.05, 0) is 31.2 Å². The Kier molecular flexibility index (Phi) is 4.32. The number of carbonyl (C=O) groups is 1. The van der Waals surface area contributed by atoms with E-state index in [9.17, 15) is 19.3 Å². The van der Waals surface area contributed by atoms with Crippen LogP contribution in [0.25, 0.3) is 0 Å². The summed E-state index contributed by atoms with van der Waals surface area (Å²) in [5, 5.41) is 13.3. The highest BCUT2D eigenvalue weighted by Crippen LogP contribution is 2.28. The minimum atomic E-state index is -0.735. The maximum Gasteiger partial charge on any atom is 0.293 e. The summed E-state index contributed by atoms with van der Waals surface area (Å²) < 4.78 is 14.2. The summed E-state index contributed by atoms with van der Waals surface area (Å²) in [6.45, 7) is 1.72. The molecule has 1 amide bonds. The third-order valence-electron chi connectivity index (χ3n) is 2.77. The van der Waals surface area contributed by atoms with E-state index in [-0.39, 0.29) is 16.9 Å². The second-order valence-corrected chi connectivity index (χ2v) is 5.27. The van der Waals surface area contributed by atoms with Gasteiger partial charge >= 0.3 is 0 Å². The van der Waals surface area contributed by atoms with Crippen LogP contribution in [0.3, 0.4) is 0 Å². The summed E-state index contributed by atoms with van der Waals surface area (Å²) in [5.41, 5.74) is 0.291. The third kappa shape index (κ3) is 3.43. The van der Waals surface area contributed by atoms with Gasteiger partial charge in [0.15, 0.2) is 0 Å². The lowest BCUT2D eigenvalue weighted by Crippen LogP contribution is -2.15. The molecule has 5 nitrogen and oxygen atoms in total. The Morgan fingerprint density at radius 1 is 1.29 bits per heavy atom. The van der Waals surface area contributed by atoms with Crippen molar-refractivity contribution in [3.8, 4) is 0 Å². The van der Waals surface area contributed by atoms with Crippen LogP contribution in [0.4, 0.5) is 15.8 Å². The number of aryl methyl sites for hydroxylation is 1. The molecule has 0 aliphatic carbocycles. The number of nitrogens with zero attached hydrogens (tertiary/aromatic N) is 1. The molecule has 0 fully saturated rings. The highest BCUT2D eigenvalue weighted by molar-refractivity contribution is 9.10. The second-order valence-electron chi connectivity index (χ2n) is 4.36. The van der Waals surface area contributed by atoms with Crippen LogP contribution in [0.2, 0.25) is 0 Å². The Labute approximate surface area is 128 Å². The van der Waals surface area contributed by atoms with Gasteiger partial charge in [0.25, 0.3) is 11.6 Å². The quantitative estimate of drug-likeness (QED) is 0.668. The zero-order valence-electron chi connectivity index (χ0n) is 10.9. The van der Waals surface area contributed by atoms with Crippen LogP contribution in [0.15, 0.2) is 40.9 Å². The Morgan fingerprint density at radius 2 is 2.00 bits per heavy atom. The van der Waals surface area contributed by atoms with Gasteiger partial charge in [0.05, 0.1) is 10.5 Å². The van der Waals surface area contributed by atoms with Crippen molar-refractivity contribution in [2.75, 3.05) is 5.32 Å². The van der Waals surface area contributed by atoms with Gasteiger partial charge < -0.3 is 5.32 Å². The minimum absolute atomic E-state index is 0.00843. The van der Waals surface area contributed by atoms with Crippen molar-refractivity contribution >= 4 is 33.2 Å². The van der Waals surface area contributed by atoms with E-state index in [1.165, 1.54) is 30.3 Å². The molecule has 0 saturated heterocycles. The second kappa shape index (κ2) is 6.01. The number of hydrogen-bond donors (Lipinski definition) is 1. The average molecular weight is 353 g/mol. The van der Waals surface area contributed by atoms with Gasteiger partial charge in [-0.15, -0.1) is 0 Å². The molecular weight excluding hydrogens is 343 g/mol. The van der Waals surface area contributed by atoms with Crippen molar-refractivity contribution in [3.05, 3.63) is 67.9 Å². The van der Waals surface area contributed by atoms with Crippen molar-refractivity contribution in [3.63, 3.8) is 0 Å². The molecule has 0 aliphatic heterocycles. The monoisotopic (exact) mass is 352 g/mol. The molecule has 0 heterocycles. The first kappa shape index (κ1) is 15.1. The molecule has 2 aromatic carbocycles. The molecule has 1 N–H and O–H groups in total. The van der Waals surface area contributed by atoms with Crippen molar-refractivity contribution in [2.45, 2.75) is 6.92 Å². The Hall–Kier alpha value is -2.28. The number of amides is 1. The van der Waals surface area contributed by atoms with Gasteiger partial charge in [-0.25, -0.2) is 4.39 Å². The van der Waals surface area contributed by atoms with Gasteiger partial charge in [0.1, 0.15) is 11.5 Å². The molecule has 21 heavy (non-hydrogen) atoms. The fourth-order valence-corrected chi connectivity index (χ4v) is 2.11. The molecule has 7 heteroatoms. The van der Waals surface area contributed by atoms with Crippen LogP contribution in [-0.2, 0) is 0 Å². The number of nitro groups is 1. The van der Waals surface area contributed by atoms with E-state index in [0.29, 0.717) is 10.0 Å². The SMILES string of the molecule is Cc1ccc(F)c(C(=O)Nc2ccc(Br)cc2[N+](=O)[O-])c1. The van der Waals surface area contributed by atoms with E-state index in [1.807, 2.05) is 0 Å². The van der Waals surface area contributed by atoms with Crippen LogP contribution < -0.4 is 5.32 Å². The number of carbonyl (C=O) groups excluding carboxylic acids is 1. The summed E-state index contributed by atoms with van der Waals surface area (Å²) >= 11 is 3.12. The standard InChI is InChI=1S/C14H10BrFN2O3/c1-8-2-4-11(16)10(6-8)14(19)17-12-5-3-9(15)7-13(12)18(20)21/h2-7H,1H3,(H,17,19). The normalized spacial score (nSPS) is 10.2. The zero-order chi connectivity index (χ0) is 15.6. The Balaban J connectivity index is 2.36. The maximum absolute atomic E-state index is 13.6. The molecule has 2 rings (SSSR count). The number of benzene rings is 2. The number of nitro benzene ring substituents is 1. The topological polar surface area (TPSA) is 72.2 Å².